The number of nitrogens with two attached hydrogens (primary N) is 2. The molecule has 0 aliphatic rings. The van der Waals surface area contributed by atoms with Gasteiger partial charge in [0.1, 0.15) is 5.75 Å². The fourth-order valence-electron chi connectivity index (χ4n) is 1.22. The second-order valence-corrected chi connectivity index (χ2v) is 3.94. The van der Waals surface area contributed by atoms with Gasteiger partial charge in [-0.05, 0) is 24.1 Å². The number of rotatable bonds is 5. The van der Waals surface area contributed by atoms with E-state index >= 15 is 0 Å². The summed E-state index contributed by atoms with van der Waals surface area (Å²) in [7, 11) is 0. The van der Waals surface area contributed by atoms with E-state index in [1.165, 1.54) is 6.07 Å². The Morgan fingerprint density at radius 1 is 1.50 bits per heavy atom. The number of hydrogen-bond acceptors (Lipinski definition) is 3. The van der Waals surface area contributed by atoms with Crippen molar-refractivity contribution < 1.29 is 9.53 Å². The molecule has 16 heavy (non-hydrogen) atoms. The molecule has 0 heterocycles. The molecule has 0 saturated heterocycles. The lowest BCUT2D eigenvalue weighted by molar-refractivity contribution is 0.0995. The molecule has 0 aliphatic carbocycles. The van der Waals surface area contributed by atoms with E-state index in [1.807, 2.05) is 0 Å². The maximum absolute atomic E-state index is 11.2. The largest absolute Gasteiger partial charge is 0.492 e. The van der Waals surface area contributed by atoms with Gasteiger partial charge in [0, 0.05) is 5.69 Å². The molecular formula is C12H18N2O2. The first-order valence-electron chi connectivity index (χ1n) is 5.36. The molecule has 0 fully saturated rings. The maximum atomic E-state index is 11.2. The first-order valence-corrected chi connectivity index (χ1v) is 5.36. The van der Waals surface area contributed by atoms with Gasteiger partial charge >= 0.3 is 0 Å². The van der Waals surface area contributed by atoms with Crippen LogP contribution in [0.25, 0.3) is 0 Å². The van der Waals surface area contributed by atoms with Crippen LogP contribution >= 0.6 is 0 Å². The summed E-state index contributed by atoms with van der Waals surface area (Å²) in [5.41, 5.74) is 11.7. The SMILES string of the molecule is CCC(C)COc1ccc(N)cc1C(N)=O. The van der Waals surface area contributed by atoms with E-state index in [2.05, 4.69) is 13.8 Å². The third-order valence-corrected chi connectivity index (χ3v) is 2.49. The summed E-state index contributed by atoms with van der Waals surface area (Å²) in [4.78, 5) is 11.2. The highest BCUT2D eigenvalue weighted by atomic mass is 16.5. The second-order valence-electron chi connectivity index (χ2n) is 3.94. The van der Waals surface area contributed by atoms with Crippen LogP contribution in [0.1, 0.15) is 30.6 Å². The minimum atomic E-state index is -0.522. The van der Waals surface area contributed by atoms with Crippen LogP contribution in [0, 0.1) is 5.92 Å². The molecule has 0 bridgehead atoms. The quantitative estimate of drug-likeness (QED) is 0.745. The van der Waals surface area contributed by atoms with Crippen LogP contribution in [0.5, 0.6) is 5.75 Å². The molecule has 4 heteroatoms. The predicted molar refractivity (Wildman–Crippen MR) is 64.3 cm³/mol. The molecule has 1 atom stereocenters. The maximum Gasteiger partial charge on any atom is 0.252 e. The highest BCUT2D eigenvalue weighted by Gasteiger charge is 2.10. The van der Waals surface area contributed by atoms with E-state index in [1.54, 1.807) is 12.1 Å². The van der Waals surface area contributed by atoms with Crippen molar-refractivity contribution in [1.82, 2.24) is 0 Å². The Bertz CT molecular complexity index is 377. The fourth-order valence-corrected chi connectivity index (χ4v) is 1.22. The van der Waals surface area contributed by atoms with E-state index in [0.717, 1.165) is 6.42 Å². The molecule has 88 valence electrons. The van der Waals surface area contributed by atoms with Crippen LogP contribution in [0.4, 0.5) is 5.69 Å². The molecule has 1 amide bonds. The molecule has 0 aromatic heterocycles. The highest BCUT2D eigenvalue weighted by molar-refractivity contribution is 5.96. The Labute approximate surface area is 95.6 Å². The van der Waals surface area contributed by atoms with Crippen molar-refractivity contribution in [3.05, 3.63) is 23.8 Å². The van der Waals surface area contributed by atoms with E-state index in [0.29, 0.717) is 29.5 Å². The summed E-state index contributed by atoms with van der Waals surface area (Å²) in [6.07, 6.45) is 1.03. The molecule has 1 unspecified atom stereocenters. The number of carbonyl (C=O) groups excluding carboxylic acids is 1. The lowest BCUT2D eigenvalue weighted by atomic mass is 10.1. The third-order valence-electron chi connectivity index (χ3n) is 2.49. The number of ether oxygens (including phenoxy) is 1. The van der Waals surface area contributed by atoms with E-state index in [9.17, 15) is 4.79 Å². The summed E-state index contributed by atoms with van der Waals surface area (Å²) in [5.74, 6) is 0.423. The second kappa shape index (κ2) is 5.39. The third kappa shape index (κ3) is 3.15. The summed E-state index contributed by atoms with van der Waals surface area (Å²) in [6, 6.07) is 4.91. The number of primary amides is 1. The van der Waals surface area contributed by atoms with Crippen molar-refractivity contribution >= 4 is 11.6 Å². The Morgan fingerprint density at radius 3 is 2.75 bits per heavy atom. The number of amides is 1. The summed E-state index contributed by atoms with van der Waals surface area (Å²) < 4.78 is 5.55. The number of hydrogen-bond donors (Lipinski definition) is 2. The number of nitrogen functional groups attached to an aromatic ring is 1. The van der Waals surface area contributed by atoms with Crippen molar-refractivity contribution in [1.29, 1.82) is 0 Å². The zero-order valence-corrected chi connectivity index (χ0v) is 9.69. The van der Waals surface area contributed by atoms with Gasteiger partial charge in [0.2, 0.25) is 0 Å². The highest BCUT2D eigenvalue weighted by Crippen LogP contribution is 2.21. The van der Waals surface area contributed by atoms with Gasteiger partial charge < -0.3 is 16.2 Å². The van der Waals surface area contributed by atoms with E-state index < -0.39 is 5.91 Å². The van der Waals surface area contributed by atoms with Crippen molar-refractivity contribution in [3.63, 3.8) is 0 Å². The van der Waals surface area contributed by atoms with Crippen LogP contribution in [0.2, 0.25) is 0 Å². The van der Waals surface area contributed by atoms with Gasteiger partial charge in [-0.25, -0.2) is 0 Å². The molecule has 1 aromatic rings. The summed E-state index contributed by atoms with van der Waals surface area (Å²) in [5, 5.41) is 0. The zero-order chi connectivity index (χ0) is 12.1. The van der Waals surface area contributed by atoms with E-state index in [-0.39, 0.29) is 0 Å². The molecule has 0 saturated carbocycles. The van der Waals surface area contributed by atoms with Gasteiger partial charge in [0.25, 0.3) is 5.91 Å². The van der Waals surface area contributed by atoms with Gasteiger partial charge in [-0.3, -0.25) is 4.79 Å². The Hall–Kier alpha value is -1.71. The van der Waals surface area contributed by atoms with Gasteiger partial charge in [-0.1, -0.05) is 20.3 Å². The van der Waals surface area contributed by atoms with Crippen molar-refractivity contribution in [2.75, 3.05) is 12.3 Å². The van der Waals surface area contributed by atoms with Crippen LogP contribution in [-0.2, 0) is 0 Å². The molecule has 1 aromatic carbocycles. The van der Waals surface area contributed by atoms with Crippen molar-refractivity contribution in [2.45, 2.75) is 20.3 Å². The van der Waals surface area contributed by atoms with E-state index in [4.69, 9.17) is 16.2 Å². The first kappa shape index (κ1) is 12.4. The monoisotopic (exact) mass is 222 g/mol. The van der Waals surface area contributed by atoms with Gasteiger partial charge in [-0.15, -0.1) is 0 Å². The molecule has 4 N–H and O–H groups in total. The smallest absolute Gasteiger partial charge is 0.252 e. The van der Waals surface area contributed by atoms with Crippen molar-refractivity contribution in [2.24, 2.45) is 11.7 Å². The normalized spacial score (nSPS) is 12.1. The van der Waals surface area contributed by atoms with Crippen LogP contribution in [0.15, 0.2) is 18.2 Å². The standard InChI is InChI=1S/C12H18N2O2/c1-3-8(2)7-16-11-5-4-9(13)6-10(11)12(14)15/h4-6,8H,3,7,13H2,1-2H3,(H2,14,15). The lowest BCUT2D eigenvalue weighted by Gasteiger charge is -2.13. The summed E-state index contributed by atoms with van der Waals surface area (Å²) >= 11 is 0. The van der Waals surface area contributed by atoms with Crippen LogP contribution in [0.3, 0.4) is 0 Å². The summed E-state index contributed by atoms with van der Waals surface area (Å²) in [6.45, 7) is 4.74. The Morgan fingerprint density at radius 2 is 2.19 bits per heavy atom. The number of benzene rings is 1. The topological polar surface area (TPSA) is 78.3 Å². The van der Waals surface area contributed by atoms with Crippen LogP contribution < -0.4 is 16.2 Å². The first-order chi connectivity index (χ1) is 7.54. The molecule has 0 radical (unpaired) electrons. The molecular weight excluding hydrogens is 204 g/mol. The van der Waals surface area contributed by atoms with Gasteiger partial charge in [-0.2, -0.15) is 0 Å². The average molecular weight is 222 g/mol. The Balaban J connectivity index is 2.82. The molecule has 1 rings (SSSR count). The van der Waals surface area contributed by atoms with Crippen molar-refractivity contribution in [3.8, 4) is 5.75 Å². The average Bonchev–Trinajstić information content (AvgIpc) is 2.26. The molecule has 4 nitrogen and oxygen atoms in total. The predicted octanol–water partition coefficient (Wildman–Crippen LogP) is 1.79. The molecule has 0 spiro atoms. The lowest BCUT2D eigenvalue weighted by Crippen LogP contribution is -2.15. The van der Waals surface area contributed by atoms with Gasteiger partial charge in [0.05, 0.1) is 12.2 Å². The number of anilines is 1. The minimum Gasteiger partial charge on any atom is -0.492 e. The fraction of sp³-hybridized carbons (Fsp3) is 0.417. The van der Waals surface area contributed by atoms with Crippen LogP contribution in [-0.4, -0.2) is 12.5 Å². The molecule has 0 aliphatic heterocycles. The van der Waals surface area contributed by atoms with Gasteiger partial charge in [0.15, 0.2) is 0 Å². The Kier molecular flexibility index (Phi) is 4.17. The minimum absolute atomic E-state index is 0.336. The number of carbonyl (C=O) groups is 1. The zero-order valence-electron chi connectivity index (χ0n) is 9.69.